The second-order valence-electron chi connectivity index (χ2n) is 5.14. The Hall–Kier alpha value is -2.39. The number of aromatic nitrogens is 3. The zero-order chi connectivity index (χ0) is 18.5. The van der Waals surface area contributed by atoms with Gasteiger partial charge in [0.05, 0.1) is 5.56 Å². The lowest BCUT2D eigenvalue weighted by Gasteiger charge is -2.09. The minimum absolute atomic E-state index is 0.00181. The Balaban J connectivity index is 1.69. The summed E-state index contributed by atoms with van der Waals surface area (Å²) in [6, 6.07) is 10.2. The predicted octanol–water partition coefficient (Wildman–Crippen LogP) is 4.53. The molecule has 0 atom stereocenters. The molecule has 1 aromatic carbocycles. The lowest BCUT2D eigenvalue weighted by Crippen LogP contribution is -2.13. The van der Waals surface area contributed by atoms with Gasteiger partial charge in [-0.05, 0) is 48.2 Å². The van der Waals surface area contributed by atoms with Crippen molar-refractivity contribution in [2.24, 2.45) is 7.05 Å². The molecular formula is C17H14F2N4OS2. The molecule has 3 aromatic rings. The van der Waals surface area contributed by atoms with E-state index in [4.69, 9.17) is 0 Å². The Kier molecular flexibility index (Phi) is 5.89. The lowest BCUT2D eigenvalue weighted by atomic mass is 10.2. The van der Waals surface area contributed by atoms with E-state index in [-0.39, 0.29) is 22.4 Å². The number of thioether (sulfide) groups is 1. The van der Waals surface area contributed by atoms with Gasteiger partial charge in [-0.3, -0.25) is 4.79 Å². The van der Waals surface area contributed by atoms with Crippen molar-refractivity contribution < 1.29 is 13.6 Å². The van der Waals surface area contributed by atoms with Crippen molar-refractivity contribution in [2.75, 3.05) is 5.32 Å². The Labute approximate surface area is 157 Å². The molecule has 2 aromatic heterocycles. The van der Waals surface area contributed by atoms with Gasteiger partial charge in [-0.2, -0.15) is 8.78 Å². The second-order valence-corrected chi connectivity index (χ2v) is 7.16. The minimum Gasteiger partial charge on any atom is -0.329 e. The van der Waals surface area contributed by atoms with E-state index in [0.29, 0.717) is 5.69 Å². The van der Waals surface area contributed by atoms with E-state index >= 15 is 0 Å². The van der Waals surface area contributed by atoms with Crippen molar-refractivity contribution in [3.8, 4) is 0 Å². The zero-order valence-corrected chi connectivity index (χ0v) is 15.2. The standard InChI is InChI=1S/C17H14F2N4OS2/c1-23-10-9-21-17(23)25-12-6-4-11(5-7-12)22-14(24)13-3-2-8-20-15(13)26-16(18)19/h2-10,16H,1H3,(H,22,24). The van der Waals surface area contributed by atoms with Gasteiger partial charge in [0.25, 0.3) is 11.7 Å². The molecule has 1 amide bonds. The molecular weight excluding hydrogens is 378 g/mol. The van der Waals surface area contributed by atoms with Crippen molar-refractivity contribution in [1.29, 1.82) is 0 Å². The highest BCUT2D eigenvalue weighted by molar-refractivity contribution is 7.99. The fraction of sp³-hybridized carbons (Fsp3) is 0.118. The number of halogens is 2. The Bertz CT molecular complexity index is 900. The third kappa shape index (κ3) is 4.61. The Morgan fingerprint density at radius 2 is 1.92 bits per heavy atom. The Morgan fingerprint density at radius 3 is 2.58 bits per heavy atom. The summed E-state index contributed by atoms with van der Waals surface area (Å²) >= 11 is 1.75. The third-order valence-electron chi connectivity index (χ3n) is 3.31. The van der Waals surface area contributed by atoms with Gasteiger partial charge in [-0.25, -0.2) is 9.97 Å². The Morgan fingerprint density at radius 1 is 1.15 bits per heavy atom. The first-order chi connectivity index (χ1) is 12.5. The number of hydrogen-bond donors (Lipinski definition) is 1. The first-order valence-electron chi connectivity index (χ1n) is 7.49. The summed E-state index contributed by atoms with van der Waals surface area (Å²) in [5, 5.41) is 3.56. The highest BCUT2D eigenvalue weighted by atomic mass is 32.2. The monoisotopic (exact) mass is 392 g/mol. The summed E-state index contributed by atoms with van der Waals surface area (Å²) in [6.45, 7) is 0. The van der Waals surface area contributed by atoms with Crippen LogP contribution in [0.4, 0.5) is 14.5 Å². The number of benzene rings is 1. The maximum absolute atomic E-state index is 12.6. The molecule has 0 bridgehead atoms. The van der Waals surface area contributed by atoms with Crippen molar-refractivity contribution in [1.82, 2.24) is 14.5 Å². The van der Waals surface area contributed by atoms with Crippen molar-refractivity contribution in [3.05, 3.63) is 60.6 Å². The molecule has 0 aliphatic heterocycles. The lowest BCUT2D eigenvalue weighted by molar-refractivity contribution is 0.102. The van der Waals surface area contributed by atoms with E-state index in [1.54, 1.807) is 18.3 Å². The fourth-order valence-electron chi connectivity index (χ4n) is 2.10. The van der Waals surface area contributed by atoms with Crippen LogP contribution in [0.25, 0.3) is 0 Å². The van der Waals surface area contributed by atoms with E-state index < -0.39 is 11.7 Å². The SMILES string of the molecule is Cn1ccnc1Sc1ccc(NC(=O)c2cccnc2SC(F)F)cc1. The first-order valence-corrected chi connectivity index (χ1v) is 9.19. The van der Waals surface area contributed by atoms with E-state index in [1.165, 1.54) is 30.1 Å². The zero-order valence-electron chi connectivity index (χ0n) is 13.6. The number of anilines is 1. The van der Waals surface area contributed by atoms with Crippen LogP contribution in [0, 0.1) is 0 Å². The molecule has 1 N–H and O–H groups in total. The van der Waals surface area contributed by atoms with Crippen LogP contribution < -0.4 is 5.32 Å². The van der Waals surface area contributed by atoms with Crippen LogP contribution in [0.5, 0.6) is 0 Å². The van der Waals surface area contributed by atoms with Gasteiger partial charge in [0.15, 0.2) is 5.16 Å². The number of imidazole rings is 1. The van der Waals surface area contributed by atoms with E-state index in [9.17, 15) is 13.6 Å². The largest absolute Gasteiger partial charge is 0.329 e. The van der Waals surface area contributed by atoms with E-state index in [1.807, 2.05) is 29.9 Å². The summed E-state index contributed by atoms with van der Waals surface area (Å²) in [4.78, 5) is 21.4. The quantitative estimate of drug-likeness (QED) is 0.625. The number of pyridine rings is 1. The average Bonchev–Trinajstić information content (AvgIpc) is 3.01. The van der Waals surface area contributed by atoms with Crippen LogP contribution in [0.3, 0.4) is 0 Å². The summed E-state index contributed by atoms with van der Waals surface area (Å²) in [6.07, 6.45) is 4.96. The molecule has 26 heavy (non-hydrogen) atoms. The number of nitrogens with one attached hydrogen (secondary N) is 1. The summed E-state index contributed by atoms with van der Waals surface area (Å²) in [5.41, 5.74) is 0.681. The number of hydrogen-bond acceptors (Lipinski definition) is 5. The molecule has 3 rings (SSSR count). The number of carbonyl (C=O) groups excluding carboxylic acids is 1. The molecule has 0 aliphatic carbocycles. The maximum Gasteiger partial charge on any atom is 0.290 e. The third-order valence-corrected chi connectivity index (χ3v) is 5.13. The van der Waals surface area contributed by atoms with Gasteiger partial charge in [0, 0.05) is 36.2 Å². The maximum atomic E-state index is 12.6. The predicted molar refractivity (Wildman–Crippen MR) is 97.8 cm³/mol. The normalized spacial score (nSPS) is 10.9. The molecule has 0 aliphatic rings. The number of carbonyl (C=O) groups is 1. The van der Waals surface area contributed by atoms with E-state index in [0.717, 1.165) is 10.1 Å². The van der Waals surface area contributed by atoms with Gasteiger partial charge < -0.3 is 9.88 Å². The molecule has 9 heteroatoms. The van der Waals surface area contributed by atoms with Gasteiger partial charge in [0.2, 0.25) is 0 Å². The molecule has 134 valence electrons. The van der Waals surface area contributed by atoms with Crippen LogP contribution in [-0.4, -0.2) is 26.2 Å². The smallest absolute Gasteiger partial charge is 0.290 e. The van der Waals surface area contributed by atoms with Crippen LogP contribution in [0.15, 0.2) is 70.1 Å². The topological polar surface area (TPSA) is 59.8 Å². The average molecular weight is 392 g/mol. The summed E-state index contributed by atoms with van der Waals surface area (Å²) in [5.74, 6) is -3.12. The molecule has 0 saturated carbocycles. The van der Waals surface area contributed by atoms with Crippen LogP contribution >= 0.6 is 23.5 Å². The first kappa shape index (κ1) is 18.4. The van der Waals surface area contributed by atoms with Crippen molar-refractivity contribution >= 4 is 35.1 Å². The van der Waals surface area contributed by atoms with Gasteiger partial charge in [-0.15, -0.1) is 0 Å². The highest BCUT2D eigenvalue weighted by Crippen LogP contribution is 2.28. The molecule has 5 nitrogen and oxygen atoms in total. The molecule has 0 saturated heterocycles. The number of nitrogens with zero attached hydrogens (tertiary/aromatic N) is 3. The van der Waals surface area contributed by atoms with Crippen LogP contribution in [0.1, 0.15) is 10.4 Å². The highest BCUT2D eigenvalue weighted by Gasteiger charge is 2.16. The molecule has 0 fully saturated rings. The van der Waals surface area contributed by atoms with Gasteiger partial charge in [-0.1, -0.05) is 11.8 Å². The second kappa shape index (κ2) is 8.33. The number of alkyl halides is 2. The number of aryl methyl sites for hydroxylation is 1. The minimum atomic E-state index is -2.64. The molecule has 0 unspecified atom stereocenters. The molecule has 0 spiro atoms. The van der Waals surface area contributed by atoms with Gasteiger partial charge >= 0.3 is 0 Å². The van der Waals surface area contributed by atoms with Crippen LogP contribution in [-0.2, 0) is 7.05 Å². The number of amides is 1. The van der Waals surface area contributed by atoms with E-state index in [2.05, 4.69) is 15.3 Å². The summed E-state index contributed by atoms with van der Waals surface area (Å²) < 4.78 is 27.1. The summed E-state index contributed by atoms with van der Waals surface area (Å²) in [7, 11) is 1.91. The molecule has 2 heterocycles. The van der Waals surface area contributed by atoms with Crippen LogP contribution in [0.2, 0.25) is 0 Å². The fourth-order valence-corrected chi connectivity index (χ4v) is 3.48. The van der Waals surface area contributed by atoms with Crippen molar-refractivity contribution in [3.63, 3.8) is 0 Å². The molecule has 0 radical (unpaired) electrons. The van der Waals surface area contributed by atoms with Gasteiger partial charge in [0.1, 0.15) is 5.03 Å². The number of rotatable bonds is 6. The van der Waals surface area contributed by atoms with Crippen molar-refractivity contribution in [2.45, 2.75) is 20.8 Å².